The molecule has 23 heavy (non-hydrogen) atoms. The van der Waals surface area contributed by atoms with Crippen molar-refractivity contribution in [3.63, 3.8) is 0 Å². The van der Waals surface area contributed by atoms with Gasteiger partial charge in [0.1, 0.15) is 18.7 Å². The first kappa shape index (κ1) is 15.5. The Bertz CT molecular complexity index is 699. The first-order valence-electron chi connectivity index (χ1n) is 7.18. The summed E-state index contributed by atoms with van der Waals surface area (Å²) in [5.74, 6) is -0.591. The Balaban J connectivity index is 1.68. The largest absolute Gasteiger partial charge is 0.416 e. The van der Waals surface area contributed by atoms with Crippen molar-refractivity contribution in [1.82, 2.24) is 20.1 Å². The van der Waals surface area contributed by atoms with E-state index in [0.717, 1.165) is 6.07 Å². The molecule has 1 aromatic heterocycles. The van der Waals surface area contributed by atoms with E-state index >= 15 is 0 Å². The average Bonchev–Trinajstić information content (AvgIpc) is 3.05. The Labute approximate surface area is 130 Å². The summed E-state index contributed by atoms with van der Waals surface area (Å²) in [5, 5.41) is 6.66. The molecule has 0 unspecified atom stereocenters. The van der Waals surface area contributed by atoms with E-state index in [-0.39, 0.29) is 23.4 Å². The number of hydrogen-bond acceptors (Lipinski definition) is 3. The molecule has 0 bridgehead atoms. The van der Waals surface area contributed by atoms with Gasteiger partial charge in [0.05, 0.1) is 5.56 Å². The standard InChI is InChI=1S/C15H15F3N4O/c1-9(22-8-19-7-20-22)14(23)21-13-6-11(13)10-4-2-3-5-12(10)15(16,17)18/h2-5,7-9,11,13H,6H2,1H3,(H,21,23)/t9-,11+,13+/m1/s1. The van der Waals surface area contributed by atoms with Gasteiger partial charge in [-0.05, 0) is 25.0 Å². The zero-order valence-corrected chi connectivity index (χ0v) is 12.3. The van der Waals surface area contributed by atoms with Crippen LogP contribution in [0.25, 0.3) is 0 Å². The lowest BCUT2D eigenvalue weighted by Gasteiger charge is -2.14. The molecule has 1 amide bonds. The van der Waals surface area contributed by atoms with E-state index in [0.29, 0.717) is 6.42 Å². The van der Waals surface area contributed by atoms with Gasteiger partial charge in [0, 0.05) is 12.0 Å². The molecule has 0 spiro atoms. The van der Waals surface area contributed by atoms with Crippen LogP contribution < -0.4 is 5.32 Å². The van der Waals surface area contributed by atoms with Gasteiger partial charge in [-0.25, -0.2) is 9.67 Å². The van der Waals surface area contributed by atoms with Crippen LogP contribution in [0.4, 0.5) is 13.2 Å². The number of rotatable bonds is 4. The molecule has 1 aromatic carbocycles. The molecule has 1 N–H and O–H groups in total. The lowest BCUT2D eigenvalue weighted by molar-refractivity contribution is -0.138. The monoisotopic (exact) mass is 324 g/mol. The van der Waals surface area contributed by atoms with Crippen LogP contribution in [0.1, 0.15) is 36.4 Å². The Kier molecular flexibility index (Phi) is 3.83. The highest BCUT2D eigenvalue weighted by atomic mass is 19.4. The second-order valence-corrected chi connectivity index (χ2v) is 5.59. The maximum atomic E-state index is 13.0. The molecule has 2 aromatic rings. The highest BCUT2D eigenvalue weighted by Gasteiger charge is 2.45. The van der Waals surface area contributed by atoms with Crippen molar-refractivity contribution in [2.45, 2.75) is 37.5 Å². The lowest BCUT2D eigenvalue weighted by atomic mass is 10.0. The summed E-state index contributed by atoms with van der Waals surface area (Å²) in [7, 11) is 0. The molecule has 0 aliphatic heterocycles. The van der Waals surface area contributed by atoms with Gasteiger partial charge in [0.15, 0.2) is 0 Å². The number of nitrogens with one attached hydrogen (secondary N) is 1. The molecule has 1 aliphatic rings. The highest BCUT2D eigenvalue weighted by Crippen LogP contribution is 2.46. The summed E-state index contributed by atoms with van der Waals surface area (Å²) in [6.45, 7) is 1.66. The molecular formula is C15H15F3N4O. The Morgan fingerprint density at radius 2 is 2.13 bits per heavy atom. The zero-order valence-electron chi connectivity index (χ0n) is 12.3. The Hall–Kier alpha value is -2.38. The van der Waals surface area contributed by atoms with Crippen LogP contribution in [-0.4, -0.2) is 26.7 Å². The third-order valence-corrected chi connectivity index (χ3v) is 4.00. The lowest BCUT2D eigenvalue weighted by Crippen LogP contribution is -2.33. The van der Waals surface area contributed by atoms with Crippen LogP contribution >= 0.6 is 0 Å². The van der Waals surface area contributed by atoms with E-state index in [1.54, 1.807) is 13.0 Å². The van der Waals surface area contributed by atoms with Gasteiger partial charge in [0.25, 0.3) is 0 Å². The van der Waals surface area contributed by atoms with E-state index in [9.17, 15) is 18.0 Å². The van der Waals surface area contributed by atoms with E-state index in [1.165, 1.54) is 29.5 Å². The number of benzene rings is 1. The topological polar surface area (TPSA) is 59.8 Å². The van der Waals surface area contributed by atoms with E-state index < -0.39 is 17.8 Å². The minimum Gasteiger partial charge on any atom is -0.351 e. The van der Waals surface area contributed by atoms with E-state index in [1.807, 2.05) is 0 Å². The molecule has 1 heterocycles. The van der Waals surface area contributed by atoms with Crippen LogP contribution in [0.3, 0.4) is 0 Å². The Morgan fingerprint density at radius 3 is 2.78 bits per heavy atom. The predicted octanol–water partition coefficient (Wildman–Crippen LogP) is 2.53. The Morgan fingerprint density at radius 1 is 1.39 bits per heavy atom. The van der Waals surface area contributed by atoms with Crippen LogP contribution in [0.15, 0.2) is 36.9 Å². The van der Waals surface area contributed by atoms with Gasteiger partial charge >= 0.3 is 6.18 Å². The fourth-order valence-electron chi connectivity index (χ4n) is 2.62. The van der Waals surface area contributed by atoms with E-state index in [4.69, 9.17) is 0 Å². The van der Waals surface area contributed by atoms with Crippen molar-refractivity contribution in [3.05, 3.63) is 48.0 Å². The quantitative estimate of drug-likeness (QED) is 0.940. The third kappa shape index (κ3) is 3.20. The molecule has 8 heteroatoms. The smallest absolute Gasteiger partial charge is 0.351 e. The average molecular weight is 324 g/mol. The highest BCUT2D eigenvalue weighted by molar-refractivity contribution is 5.80. The van der Waals surface area contributed by atoms with Gasteiger partial charge < -0.3 is 5.32 Å². The SMILES string of the molecule is C[C@H](C(=O)N[C@H]1C[C@H]1c1ccccc1C(F)(F)F)n1cncn1. The minimum atomic E-state index is -4.39. The van der Waals surface area contributed by atoms with Gasteiger partial charge in [-0.3, -0.25) is 4.79 Å². The summed E-state index contributed by atoms with van der Waals surface area (Å²) < 4.78 is 40.5. The summed E-state index contributed by atoms with van der Waals surface area (Å²) in [5.41, 5.74) is -0.398. The molecule has 1 fully saturated rings. The second-order valence-electron chi connectivity index (χ2n) is 5.59. The minimum absolute atomic E-state index is 0.235. The molecule has 0 radical (unpaired) electrons. The molecule has 3 rings (SSSR count). The summed E-state index contributed by atoms with van der Waals surface area (Å²) in [4.78, 5) is 15.9. The summed E-state index contributed by atoms with van der Waals surface area (Å²) in [6, 6.07) is 4.66. The number of aromatic nitrogens is 3. The number of carbonyl (C=O) groups is 1. The number of halogens is 3. The van der Waals surface area contributed by atoms with Crippen molar-refractivity contribution < 1.29 is 18.0 Å². The van der Waals surface area contributed by atoms with Crippen LogP contribution in [0.2, 0.25) is 0 Å². The van der Waals surface area contributed by atoms with Gasteiger partial charge in [0.2, 0.25) is 5.91 Å². The van der Waals surface area contributed by atoms with Crippen LogP contribution in [-0.2, 0) is 11.0 Å². The van der Waals surface area contributed by atoms with Crippen LogP contribution in [0, 0.1) is 0 Å². The number of nitrogens with zero attached hydrogens (tertiary/aromatic N) is 3. The van der Waals surface area contributed by atoms with Crippen LogP contribution in [0.5, 0.6) is 0 Å². The van der Waals surface area contributed by atoms with E-state index in [2.05, 4.69) is 15.4 Å². The maximum Gasteiger partial charge on any atom is 0.416 e. The molecular weight excluding hydrogens is 309 g/mol. The van der Waals surface area contributed by atoms with Crippen molar-refractivity contribution in [3.8, 4) is 0 Å². The molecule has 122 valence electrons. The predicted molar refractivity (Wildman–Crippen MR) is 75.5 cm³/mol. The van der Waals surface area contributed by atoms with Crippen molar-refractivity contribution in [2.24, 2.45) is 0 Å². The third-order valence-electron chi connectivity index (χ3n) is 4.00. The first-order chi connectivity index (χ1) is 10.9. The maximum absolute atomic E-state index is 13.0. The number of carbonyl (C=O) groups excluding carboxylic acids is 1. The first-order valence-corrected chi connectivity index (χ1v) is 7.18. The van der Waals surface area contributed by atoms with Gasteiger partial charge in [-0.1, -0.05) is 18.2 Å². The fourth-order valence-corrected chi connectivity index (χ4v) is 2.62. The zero-order chi connectivity index (χ0) is 16.6. The molecule has 3 atom stereocenters. The molecule has 1 aliphatic carbocycles. The van der Waals surface area contributed by atoms with Gasteiger partial charge in [-0.15, -0.1) is 0 Å². The number of alkyl halides is 3. The van der Waals surface area contributed by atoms with Gasteiger partial charge in [-0.2, -0.15) is 18.3 Å². The molecule has 5 nitrogen and oxygen atoms in total. The molecule has 0 saturated heterocycles. The summed E-state index contributed by atoms with van der Waals surface area (Å²) in [6.07, 6.45) is -1.14. The fraction of sp³-hybridized carbons (Fsp3) is 0.400. The number of hydrogen-bond donors (Lipinski definition) is 1. The van der Waals surface area contributed by atoms with Crippen molar-refractivity contribution in [2.75, 3.05) is 0 Å². The second kappa shape index (κ2) is 5.68. The van der Waals surface area contributed by atoms with Crippen molar-refractivity contribution in [1.29, 1.82) is 0 Å². The summed E-state index contributed by atoms with van der Waals surface area (Å²) >= 11 is 0. The number of amides is 1. The normalized spacial score (nSPS) is 21.7. The van der Waals surface area contributed by atoms with Crippen molar-refractivity contribution >= 4 is 5.91 Å². The molecule has 1 saturated carbocycles.